The molecule has 0 aliphatic heterocycles. The van der Waals surface area contributed by atoms with Gasteiger partial charge in [0.1, 0.15) is 0 Å². The van der Waals surface area contributed by atoms with E-state index >= 15 is 0 Å². The van der Waals surface area contributed by atoms with E-state index in [1.807, 2.05) is 43.3 Å². The van der Waals surface area contributed by atoms with Crippen molar-refractivity contribution in [2.24, 2.45) is 0 Å². The Morgan fingerprint density at radius 2 is 1.83 bits per heavy atom. The van der Waals surface area contributed by atoms with Crippen molar-refractivity contribution in [1.82, 2.24) is 25.1 Å². The van der Waals surface area contributed by atoms with Crippen LogP contribution in [-0.4, -0.2) is 25.1 Å². The molecule has 7 nitrogen and oxygen atoms in total. The van der Waals surface area contributed by atoms with Gasteiger partial charge in [-0.2, -0.15) is 5.10 Å². The van der Waals surface area contributed by atoms with E-state index in [-0.39, 0.29) is 0 Å². The number of pyridine rings is 1. The summed E-state index contributed by atoms with van der Waals surface area (Å²) in [6, 6.07) is 11.8. The zero-order chi connectivity index (χ0) is 16.4. The molecule has 0 spiro atoms. The number of nitrogens with one attached hydrogen (secondary N) is 3. The van der Waals surface area contributed by atoms with Crippen molar-refractivity contribution in [1.29, 1.82) is 0 Å². The molecule has 118 valence electrons. The van der Waals surface area contributed by atoms with Crippen LogP contribution in [0.15, 0.2) is 55.0 Å². The number of fused-ring (bicyclic) bond motifs is 1. The fourth-order valence-corrected chi connectivity index (χ4v) is 2.40. The second-order valence-electron chi connectivity index (χ2n) is 5.39. The van der Waals surface area contributed by atoms with Crippen molar-refractivity contribution in [3.63, 3.8) is 0 Å². The first-order valence-electron chi connectivity index (χ1n) is 7.49. The number of hydrogen-bond acceptors (Lipinski definition) is 6. The van der Waals surface area contributed by atoms with Crippen LogP contribution in [0.4, 0.5) is 23.1 Å². The smallest absolute Gasteiger partial charge is 0.153 e. The number of aromatic nitrogens is 5. The second kappa shape index (κ2) is 5.96. The lowest BCUT2D eigenvalue weighted by Gasteiger charge is -2.08. The molecule has 0 amide bonds. The molecule has 0 fully saturated rings. The molecule has 1 aromatic carbocycles. The van der Waals surface area contributed by atoms with Crippen molar-refractivity contribution in [3.05, 3.63) is 60.7 Å². The third-order valence-corrected chi connectivity index (χ3v) is 3.47. The Morgan fingerprint density at radius 1 is 0.958 bits per heavy atom. The van der Waals surface area contributed by atoms with Crippen LogP contribution in [-0.2, 0) is 0 Å². The Balaban J connectivity index is 1.56. The largest absolute Gasteiger partial charge is 0.339 e. The summed E-state index contributed by atoms with van der Waals surface area (Å²) in [6.45, 7) is 1.94. The van der Waals surface area contributed by atoms with Crippen LogP contribution in [0.5, 0.6) is 0 Å². The van der Waals surface area contributed by atoms with Crippen LogP contribution in [0.3, 0.4) is 0 Å². The molecule has 3 N–H and O–H groups in total. The highest BCUT2D eigenvalue weighted by Gasteiger charge is 2.03. The van der Waals surface area contributed by atoms with Gasteiger partial charge in [0.25, 0.3) is 0 Å². The molecule has 0 aliphatic rings. The monoisotopic (exact) mass is 317 g/mol. The summed E-state index contributed by atoms with van der Waals surface area (Å²) in [7, 11) is 0. The molecule has 3 aromatic heterocycles. The summed E-state index contributed by atoms with van der Waals surface area (Å²) in [5.74, 6) is 1.97. The summed E-state index contributed by atoms with van der Waals surface area (Å²) in [6.07, 6.45) is 5.11. The quantitative estimate of drug-likeness (QED) is 0.533. The summed E-state index contributed by atoms with van der Waals surface area (Å²) in [5, 5.41) is 14.4. The molecular formula is C17H15N7. The molecule has 0 saturated carbocycles. The predicted molar refractivity (Wildman–Crippen MR) is 93.7 cm³/mol. The van der Waals surface area contributed by atoms with Gasteiger partial charge in [0.2, 0.25) is 0 Å². The van der Waals surface area contributed by atoms with E-state index < -0.39 is 0 Å². The topological polar surface area (TPSA) is 91.4 Å². The summed E-state index contributed by atoms with van der Waals surface area (Å²) < 4.78 is 0. The number of nitrogens with zero attached hydrogens (tertiary/aromatic N) is 4. The number of hydrogen-bond donors (Lipinski definition) is 3. The fourth-order valence-electron chi connectivity index (χ4n) is 2.40. The predicted octanol–water partition coefficient (Wildman–Crippen LogP) is 3.54. The molecule has 7 heteroatoms. The summed E-state index contributed by atoms with van der Waals surface area (Å²) in [5.41, 5.74) is 2.86. The first kappa shape index (κ1) is 14.1. The number of H-pyrrole nitrogens is 1. The second-order valence-corrected chi connectivity index (χ2v) is 5.39. The molecule has 0 unspecified atom stereocenters. The minimum Gasteiger partial charge on any atom is -0.339 e. The van der Waals surface area contributed by atoms with Gasteiger partial charge in [-0.05, 0) is 31.2 Å². The van der Waals surface area contributed by atoms with Crippen molar-refractivity contribution in [2.75, 3.05) is 10.6 Å². The highest BCUT2D eigenvalue weighted by molar-refractivity contribution is 5.83. The molecule has 4 aromatic rings. The molecule has 4 rings (SSSR count). The third-order valence-electron chi connectivity index (χ3n) is 3.47. The number of aryl methyl sites for hydroxylation is 1. The number of aromatic amines is 1. The van der Waals surface area contributed by atoms with Gasteiger partial charge in [0.05, 0.1) is 17.9 Å². The molecular weight excluding hydrogens is 302 g/mol. The summed E-state index contributed by atoms with van der Waals surface area (Å²) >= 11 is 0. The van der Waals surface area contributed by atoms with E-state index in [9.17, 15) is 0 Å². The SMILES string of the molecule is Cc1cc(Nc2cncc(Nc3ccc4ncccc4c3)n2)n[nH]1. The van der Waals surface area contributed by atoms with E-state index in [0.717, 1.165) is 22.3 Å². The average Bonchev–Trinajstić information content (AvgIpc) is 3.00. The van der Waals surface area contributed by atoms with Crippen LogP contribution < -0.4 is 10.6 Å². The number of anilines is 4. The van der Waals surface area contributed by atoms with E-state index in [1.54, 1.807) is 18.6 Å². The lowest BCUT2D eigenvalue weighted by molar-refractivity contribution is 1.05. The van der Waals surface area contributed by atoms with Gasteiger partial charge in [-0.15, -0.1) is 0 Å². The van der Waals surface area contributed by atoms with Crippen LogP contribution in [0.2, 0.25) is 0 Å². The molecule has 0 aliphatic carbocycles. The molecule has 24 heavy (non-hydrogen) atoms. The van der Waals surface area contributed by atoms with Gasteiger partial charge in [-0.1, -0.05) is 6.07 Å². The van der Waals surface area contributed by atoms with E-state index in [1.165, 1.54) is 0 Å². The van der Waals surface area contributed by atoms with Crippen molar-refractivity contribution < 1.29 is 0 Å². The van der Waals surface area contributed by atoms with Crippen LogP contribution >= 0.6 is 0 Å². The third kappa shape index (κ3) is 3.00. The van der Waals surface area contributed by atoms with Crippen LogP contribution in [0, 0.1) is 6.92 Å². The van der Waals surface area contributed by atoms with E-state index in [0.29, 0.717) is 17.5 Å². The lowest BCUT2D eigenvalue weighted by Crippen LogP contribution is -1.99. The lowest BCUT2D eigenvalue weighted by atomic mass is 10.2. The zero-order valence-corrected chi connectivity index (χ0v) is 13.0. The minimum absolute atomic E-state index is 0.619. The van der Waals surface area contributed by atoms with E-state index in [2.05, 4.69) is 35.8 Å². The van der Waals surface area contributed by atoms with Crippen molar-refractivity contribution >= 4 is 34.0 Å². The standard InChI is InChI=1S/C17H15N7/c1-11-7-15(24-23-11)21-17-10-18-9-16(22-17)20-13-4-5-14-12(8-13)3-2-6-19-14/h2-10H,1H3,(H3,20,21,22,23,24). The molecule has 3 heterocycles. The maximum Gasteiger partial charge on any atom is 0.153 e. The Bertz CT molecular complexity index is 993. The van der Waals surface area contributed by atoms with E-state index in [4.69, 9.17) is 0 Å². The van der Waals surface area contributed by atoms with Gasteiger partial charge >= 0.3 is 0 Å². The first-order valence-corrected chi connectivity index (χ1v) is 7.49. The van der Waals surface area contributed by atoms with Gasteiger partial charge in [-0.3, -0.25) is 15.1 Å². The van der Waals surface area contributed by atoms with Gasteiger partial charge in [0, 0.05) is 29.0 Å². The molecule has 0 radical (unpaired) electrons. The normalized spacial score (nSPS) is 10.7. The number of rotatable bonds is 4. The Hall–Kier alpha value is -3.48. The highest BCUT2D eigenvalue weighted by Crippen LogP contribution is 2.21. The van der Waals surface area contributed by atoms with Gasteiger partial charge in [0.15, 0.2) is 17.5 Å². The maximum absolute atomic E-state index is 4.50. The Kier molecular flexibility index (Phi) is 3.51. The first-order chi connectivity index (χ1) is 11.8. The Morgan fingerprint density at radius 3 is 2.67 bits per heavy atom. The minimum atomic E-state index is 0.619. The molecule has 0 saturated heterocycles. The molecule has 0 bridgehead atoms. The zero-order valence-electron chi connectivity index (χ0n) is 13.0. The fraction of sp³-hybridized carbons (Fsp3) is 0.0588. The van der Waals surface area contributed by atoms with Gasteiger partial charge < -0.3 is 10.6 Å². The van der Waals surface area contributed by atoms with Crippen LogP contribution in [0.1, 0.15) is 5.69 Å². The highest BCUT2D eigenvalue weighted by atomic mass is 15.2. The van der Waals surface area contributed by atoms with Crippen LogP contribution in [0.25, 0.3) is 10.9 Å². The maximum atomic E-state index is 4.50. The molecule has 0 atom stereocenters. The van der Waals surface area contributed by atoms with Gasteiger partial charge in [-0.25, -0.2) is 4.98 Å². The van der Waals surface area contributed by atoms with Crippen molar-refractivity contribution in [3.8, 4) is 0 Å². The summed E-state index contributed by atoms with van der Waals surface area (Å²) in [4.78, 5) is 13.0. The van der Waals surface area contributed by atoms with Crippen molar-refractivity contribution in [2.45, 2.75) is 6.92 Å². The Labute approximate surface area is 138 Å². The number of benzene rings is 1. The average molecular weight is 317 g/mol.